The molecule has 4 heteroatoms. The van der Waals surface area contributed by atoms with E-state index in [2.05, 4.69) is 104 Å². The van der Waals surface area contributed by atoms with Gasteiger partial charge in [-0.2, -0.15) is 0 Å². The van der Waals surface area contributed by atoms with Crippen molar-refractivity contribution in [2.75, 3.05) is 4.90 Å². The van der Waals surface area contributed by atoms with Gasteiger partial charge in [0.1, 0.15) is 0 Å². The lowest BCUT2D eigenvalue weighted by Gasteiger charge is -2.27. The summed E-state index contributed by atoms with van der Waals surface area (Å²) >= 11 is 3.76. The number of aromatic nitrogens is 2. The maximum Gasteiger partial charge on any atom is 0.0603 e. The van der Waals surface area contributed by atoms with Gasteiger partial charge in [-0.25, -0.2) is 0 Å². The van der Waals surface area contributed by atoms with Gasteiger partial charge in [0.2, 0.25) is 0 Å². The van der Waals surface area contributed by atoms with Crippen LogP contribution in [0.4, 0.5) is 17.1 Å². The summed E-state index contributed by atoms with van der Waals surface area (Å²) in [4.78, 5) is 10.9. The van der Waals surface area contributed by atoms with Crippen LogP contribution in [0.25, 0.3) is 22.3 Å². The molecule has 0 radical (unpaired) electrons. The zero-order valence-electron chi connectivity index (χ0n) is 17.3. The van der Waals surface area contributed by atoms with Crippen molar-refractivity contribution in [3.05, 3.63) is 126 Å². The van der Waals surface area contributed by atoms with Crippen LogP contribution in [-0.4, -0.2) is 9.97 Å². The molecule has 0 aliphatic heterocycles. The summed E-state index contributed by atoms with van der Waals surface area (Å²) in [5.41, 5.74) is 7.55. The van der Waals surface area contributed by atoms with E-state index in [0.29, 0.717) is 0 Å². The van der Waals surface area contributed by atoms with Crippen molar-refractivity contribution < 1.29 is 0 Å². The smallest absolute Gasteiger partial charge is 0.0603 e. The summed E-state index contributed by atoms with van der Waals surface area (Å²) in [6, 6.07) is 33.4. The van der Waals surface area contributed by atoms with Crippen LogP contribution in [0.2, 0.25) is 0 Å². The fourth-order valence-corrected chi connectivity index (χ4v) is 4.24. The Morgan fingerprint density at radius 2 is 1.12 bits per heavy atom. The minimum absolute atomic E-state index is 1.03. The Hall–Kier alpha value is -3.76. The molecule has 0 atom stereocenters. The van der Waals surface area contributed by atoms with Crippen molar-refractivity contribution in [1.29, 1.82) is 0 Å². The summed E-state index contributed by atoms with van der Waals surface area (Å²) in [7, 11) is 0. The molecule has 3 aromatic carbocycles. The second-order valence-corrected chi connectivity index (χ2v) is 8.23. The Kier molecular flexibility index (Phi) is 5.77. The third-order valence-corrected chi connectivity index (χ3v) is 5.94. The van der Waals surface area contributed by atoms with Gasteiger partial charge >= 0.3 is 0 Å². The van der Waals surface area contributed by atoms with Gasteiger partial charge in [0.25, 0.3) is 0 Å². The van der Waals surface area contributed by atoms with Crippen LogP contribution in [0.5, 0.6) is 0 Å². The van der Waals surface area contributed by atoms with Gasteiger partial charge in [-0.3, -0.25) is 9.97 Å². The number of halogens is 1. The van der Waals surface area contributed by atoms with E-state index in [1.165, 1.54) is 0 Å². The predicted molar refractivity (Wildman–Crippen MR) is 135 cm³/mol. The van der Waals surface area contributed by atoms with E-state index >= 15 is 0 Å². The lowest BCUT2D eigenvalue weighted by Crippen LogP contribution is -2.10. The summed E-state index contributed by atoms with van der Waals surface area (Å²) in [6.45, 7) is 0. The molecule has 0 unspecified atom stereocenters. The predicted octanol–water partition coefficient (Wildman–Crippen LogP) is 8.04. The molecule has 0 N–H and O–H groups in total. The second-order valence-electron chi connectivity index (χ2n) is 7.37. The van der Waals surface area contributed by atoms with Crippen LogP contribution in [0.15, 0.2) is 126 Å². The number of benzene rings is 3. The molecule has 32 heavy (non-hydrogen) atoms. The molecule has 2 heterocycles. The van der Waals surface area contributed by atoms with Crippen LogP contribution in [0, 0.1) is 0 Å². The molecule has 0 aliphatic carbocycles. The molecule has 0 aliphatic rings. The number of hydrogen-bond acceptors (Lipinski definition) is 3. The fraction of sp³-hybridized carbons (Fsp3) is 0. The van der Waals surface area contributed by atoms with Crippen molar-refractivity contribution in [3.63, 3.8) is 0 Å². The number of anilines is 3. The summed E-state index contributed by atoms with van der Waals surface area (Å²) in [6.07, 6.45) is 7.40. The standard InChI is InChI=1S/C28H20BrN3/c29-27-12-4-5-13-28(27)32(25-10-2-1-3-11-25)26-17-23(21-8-6-14-30-19-21)16-24(18-26)22-9-7-15-31-20-22/h1-20H. The normalized spacial score (nSPS) is 10.7. The van der Waals surface area contributed by atoms with E-state index in [-0.39, 0.29) is 0 Å². The second kappa shape index (κ2) is 9.16. The molecule has 5 rings (SSSR count). The maximum atomic E-state index is 4.33. The monoisotopic (exact) mass is 477 g/mol. The zero-order chi connectivity index (χ0) is 21.8. The molecular weight excluding hydrogens is 458 g/mol. The van der Waals surface area contributed by atoms with Crippen LogP contribution < -0.4 is 4.90 Å². The van der Waals surface area contributed by atoms with Crippen LogP contribution in [0.3, 0.4) is 0 Å². The van der Waals surface area contributed by atoms with Gasteiger partial charge in [-0.1, -0.05) is 42.5 Å². The minimum Gasteiger partial charge on any atom is -0.309 e. The molecule has 0 spiro atoms. The highest BCUT2D eigenvalue weighted by Gasteiger charge is 2.17. The largest absolute Gasteiger partial charge is 0.309 e. The Morgan fingerprint density at radius 3 is 1.69 bits per heavy atom. The molecule has 0 saturated carbocycles. The highest BCUT2D eigenvalue weighted by atomic mass is 79.9. The Bertz CT molecular complexity index is 1270. The van der Waals surface area contributed by atoms with Crippen molar-refractivity contribution >= 4 is 33.0 Å². The molecule has 154 valence electrons. The van der Waals surface area contributed by atoms with Gasteiger partial charge in [0.15, 0.2) is 0 Å². The molecular formula is C28H20BrN3. The lowest BCUT2D eigenvalue weighted by molar-refractivity contribution is 1.27. The van der Waals surface area contributed by atoms with Crippen molar-refractivity contribution in [3.8, 4) is 22.3 Å². The van der Waals surface area contributed by atoms with E-state index < -0.39 is 0 Å². The quantitative estimate of drug-likeness (QED) is 0.256. The average molecular weight is 478 g/mol. The number of pyridine rings is 2. The first kappa shape index (κ1) is 20.2. The van der Waals surface area contributed by atoms with E-state index in [9.17, 15) is 0 Å². The molecule has 5 aromatic rings. The summed E-state index contributed by atoms with van der Waals surface area (Å²) < 4.78 is 1.03. The van der Waals surface area contributed by atoms with Crippen LogP contribution >= 0.6 is 15.9 Å². The van der Waals surface area contributed by atoms with E-state index in [0.717, 1.165) is 43.8 Å². The zero-order valence-corrected chi connectivity index (χ0v) is 18.9. The number of para-hydroxylation sites is 2. The SMILES string of the molecule is Brc1ccccc1N(c1ccccc1)c1cc(-c2cccnc2)cc(-c2cccnc2)c1. The third-order valence-electron chi connectivity index (χ3n) is 5.27. The average Bonchev–Trinajstić information content (AvgIpc) is 2.87. The Balaban J connectivity index is 1.76. The Labute approximate surface area is 196 Å². The summed E-state index contributed by atoms with van der Waals surface area (Å²) in [5.74, 6) is 0. The highest BCUT2D eigenvalue weighted by Crippen LogP contribution is 2.41. The topological polar surface area (TPSA) is 29.0 Å². The summed E-state index contributed by atoms with van der Waals surface area (Å²) in [5, 5.41) is 0. The van der Waals surface area contributed by atoms with E-state index in [4.69, 9.17) is 0 Å². The molecule has 0 amide bonds. The van der Waals surface area contributed by atoms with Crippen molar-refractivity contribution in [2.45, 2.75) is 0 Å². The first-order valence-electron chi connectivity index (χ1n) is 10.4. The fourth-order valence-electron chi connectivity index (χ4n) is 3.78. The molecule has 0 bridgehead atoms. The van der Waals surface area contributed by atoms with Crippen LogP contribution in [-0.2, 0) is 0 Å². The maximum absolute atomic E-state index is 4.33. The first-order chi connectivity index (χ1) is 15.8. The van der Waals surface area contributed by atoms with E-state index in [1.54, 1.807) is 12.4 Å². The first-order valence-corrected chi connectivity index (χ1v) is 11.1. The minimum atomic E-state index is 1.03. The van der Waals surface area contributed by atoms with Gasteiger partial charge in [-0.05, 0) is 81.7 Å². The number of nitrogens with zero attached hydrogens (tertiary/aromatic N) is 3. The molecule has 3 nitrogen and oxygen atoms in total. The van der Waals surface area contributed by atoms with E-state index in [1.807, 2.05) is 36.7 Å². The third kappa shape index (κ3) is 4.18. The lowest BCUT2D eigenvalue weighted by atomic mass is 9.99. The van der Waals surface area contributed by atoms with Gasteiger partial charge in [-0.15, -0.1) is 0 Å². The highest BCUT2D eigenvalue weighted by molar-refractivity contribution is 9.10. The number of rotatable bonds is 5. The number of hydrogen-bond donors (Lipinski definition) is 0. The Morgan fingerprint density at radius 1 is 0.531 bits per heavy atom. The van der Waals surface area contributed by atoms with Crippen molar-refractivity contribution in [1.82, 2.24) is 9.97 Å². The van der Waals surface area contributed by atoms with Gasteiger partial charge in [0.05, 0.1) is 5.69 Å². The molecule has 2 aromatic heterocycles. The van der Waals surface area contributed by atoms with Crippen LogP contribution in [0.1, 0.15) is 0 Å². The van der Waals surface area contributed by atoms with Gasteiger partial charge in [0, 0.05) is 51.8 Å². The molecule has 0 fully saturated rings. The van der Waals surface area contributed by atoms with Crippen molar-refractivity contribution in [2.24, 2.45) is 0 Å². The molecule has 0 saturated heterocycles. The van der Waals surface area contributed by atoms with Gasteiger partial charge < -0.3 is 4.90 Å².